The van der Waals surface area contributed by atoms with Crippen LogP contribution in [0.15, 0.2) is 48.5 Å². The van der Waals surface area contributed by atoms with Crippen molar-refractivity contribution in [2.24, 2.45) is 0 Å². The van der Waals surface area contributed by atoms with Gasteiger partial charge in [-0.1, -0.05) is 12.1 Å². The number of nitrogens with one attached hydrogen (secondary N) is 1. The van der Waals surface area contributed by atoms with Crippen LogP contribution in [0.4, 0.5) is 5.69 Å². The summed E-state index contributed by atoms with van der Waals surface area (Å²) in [6, 6.07) is 15.1. The number of benzene rings is 2. The van der Waals surface area contributed by atoms with Crippen LogP contribution in [-0.2, 0) is 11.3 Å². The van der Waals surface area contributed by atoms with E-state index in [0.29, 0.717) is 24.6 Å². The Labute approximate surface area is 172 Å². The molecule has 2 fully saturated rings. The lowest BCUT2D eigenvalue weighted by Crippen LogP contribution is -2.34. The molecule has 0 atom stereocenters. The zero-order valence-corrected chi connectivity index (χ0v) is 16.7. The normalized spacial score (nSPS) is 17.4. The third kappa shape index (κ3) is 5.17. The molecule has 0 spiro atoms. The number of ether oxygens (including phenoxy) is 1. The van der Waals surface area contributed by atoms with E-state index in [0.717, 1.165) is 49.2 Å². The van der Waals surface area contributed by atoms with Gasteiger partial charge in [0, 0.05) is 30.8 Å². The number of rotatable bonds is 6. The highest BCUT2D eigenvalue weighted by Gasteiger charge is 2.18. The van der Waals surface area contributed by atoms with Crippen molar-refractivity contribution < 1.29 is 14.3 Å². The minimum atomic E-state index is -0.149. The summed E-state index contributed by atoms with van der Waals surface area (Å²) in [5.41, 5.74) is 2.36. The summed E-state index contributed by atoms with van der Waals surface area (Å²) in [6.45, 7) is 1.40. The van der Waals surface area contributed by atoms with Crippen LogP contribution in [0.3, 0.4) is 0 Å². The molecule has 1 aliphatic heterocycles. The lowest BCUT2D eigenvalue weighted by Gasteiger charge is -2.26. The van der Waals surface area contributed by atoms with E-state index in [1.165, 1.54) is 12.8 Å². The molecule has 1 saturated carbocycles. The summed E-state index contributed by atoms with van der Waals surface area (Å²) in [7, 11) is 0. The van der Waals surface area contributed by atoms with Crippen molar-refractivity contribution in [3.63, 3.8) is 0 Å². The largest absolute Gasteiger partial charge is 0.490 e. The van der Waals surface area contributed by atoms with Gasteiger partial charge in [0.15, 0.2) is 0 Å². The molecular weight excluding hydrogens is 364 g/mol. The second-order valence-electron chi connectivity index (χ2n) is 7.98. The lowest BCUT2D eigenvalue weighted by atomic mass is 10.1. The highest BCUT2D eigenvalue weighted by atomic mass is 16.5. The second kappa shape index (κ2) is 9.12. The van der Waals surface area contributed by atoms with E-state index in [1.807, 2.05) is 41.3 Å². The summed E-state index contributed by atoms with van der Waals surface area (Å²) in [6.07, 6.45) is 7.68. The van der Waals surface area contributed by atoms with Crippen molar-refractivity contribution in [1.82, 2.24) is 4.90 Å². The van der Waals surface area contributed by atoms with Crippen LogP contribution in [0, 0.1) is 0 Å². The maximum atomic E-state index is 12.6. The fraction of sp³-hybridized carbons (Fsp3) is 0.417. The van der Waals surface area contributed by atoms with E-state index < -0.39 is 0 Å². The number of hydrogen-bond donors (Lipinski definition) is 1. The highest BCUT2D eigenvalue weighted by molar-refractivity contribution is 6.04. The molecule has 1 N–H and O–H groups in total. The predicted octanol–water partition coefficient (Wildman–Crippen LogP) is 4.77. The Morgan fingerprint density at radius 2 is 1.83 bits per heavy atom. The summed E-state index contributed by atoms with van der Waals surface area (Å²) in [5.74, 6) is 0.885. The summed E-state index contributed by atoms with van der Waals surface area (Å²) >= 11 is 0. The number of carbonyl (C=O) groups excluding carboxylic acids is 2. The van der Waals surface area contributed by atoms with Gasteiger partial charge in [0.25, 0.3) is 5.91 Å². The van der Waals surface area contributed by atoms with Gasteiger partial charge in [-0.05, 0) is 80.5 Å². The third-order valence-electron chi connectivity index (χ3n) is 5.70. The monoisotopic (exact) mass is 392 g/mol. The number of amides is 2. The number of nitrogens with zero attached hydrogens (tertiary/aromatic N) is 1. The smallest absolute Gasteiger partial charge is 0.255 e. The quantitative estimate of drug-likeness (QED) is 0.770. The third-order valence-corrected chi connectivity index (χ3v) is 5.70. The number of anilines is 1. The van der Waals surface area contributed by atoms with Gasteiger partial charge in [-0.25, -0.2) is 0 Å². The van der Waals surface area contributed by atoms with E-state index in [-0.39, 0.29) is 11.8 Å². The standard InChI is InChI=1S/C24H28N2O3/c27-23-10-3-4-15-26(23)17-18-6-5-7-20(16-18)25-24(28)19-11-13-22(14-12-19)29-21-8-1-2-9-21/h5-7,11-14,16,21H,1-4,8-10,15,17H2,(H,25,28). The fourth-order valence-corrected chi connectivity index (χ4v) is 4.08. The molecule has 2 amide bonds. The van der Waals surface area contributed by atoms with Crippen LogP contribution in [0.1, 0.15) is 60.9 Å². The minimum absolute atomic E-state index is 0.149. The van der Waals surface area contributed by atoms with Gasteiger partial charge in [0.2, 0.25) is 5.91 Å². The van der Waals surface area contributed by atoms with E-state index in [1.54, 1.807) is 12.1 Å². The zero-order chi connectivity index (χ0) is 20.1. The topological polar surface area (TPSA) is 58.6 Å². The average Bonchev–Trinajstić information content (AvgIpc) is 3.24. The highest BCUT2D eigenvalue weighted by Crippen LogP contribution is 2.24. The van der Waals surface area contributed by atoms with Crippen molar-refractivity contribution in [2.75, 3.05) is 11.9 Å². The molecule has 29 heavy (non-hydrogen) atoms. The van der Waals surface area contributed by atoms with Gasteiger partial charge in [0.05, 0.1) is 6.10 Å². The van der Waals surface area contributed by atoms with Crippen LogP contribution >= 0.6 is 0 Å². The Bertz CT molecular complexity index is 857. The van der Waals surface area contributed by atoms with Crippen LogP contribution in [0.25, 0.3) is 0 Å². The number of likely N-dealkylation sites (tertiary alicyclic amines) is 1. The maximum Gasteiger partial charge on any atom is 0.255 e. The summed E-state index contributed by atoms with van der Waals surface area (Å²) in [4.78, 5) is 26.5. The molecule has 0 aromatic heterocycles. The van der Waals surface area contributed by atoms with E-state index in [2.05, 4.69) is 5.32 Å². The minimum Gasteiger partial charge on any atom is -0.490 e. The predicted molar refractivity (Wildman–Crippen MR) is 113 cm³/mol. The van der Waals surface area contributed by atoms with Gasteiger partial charge >= 0.3 is 0 Å². The van der Waals surface area contributed by atoms with Crippen LogP contribution in [0.5, 0.6) is 5.75 Å². The molecule has 0 bridgehead atoms. The van der Waals surface area contributed by atoms with Crippen molar-refractivity contribution in [3.8, 4) is 5.75 Å². The first kappa shape index (κ1) is 19.5. The zero-order valence-electron chi connectivity index (χ0n) is 16.7. The molecule has 0 unspecified atom stereocenters. The molecule has 1 heterocycles. The maximum absolute atomic E-state index is 12.6. The number of carbonyl (C=O) groups is 2. The lowest BCUT2D eigenvalue weighted by molar-refractivity contribution is -0.133. The van der Waals surface area contributed by atoms with Crippen molar-refractivity contribution in [3.05, 3.63) is 59.7 Å². The van der Waals surface area contributed by atoms with Gasteiger partial charge < -0.3 is 15.0 Å². The van der Waals surface area contributed by atoms with Crippen molar-refractivity contribution in [2.45, 2.75) is 57.6 Å². The van der Waals surface area contributed by atoms with Crippen molar-refractivity contribution in [1.29, 1.82) is 0 Å². The van der Waals surface area contributed by atoms with E-state index >= 15 is 0 Å². The van der Waals surface area contributed by atoms with Crippen LogP contribution < -0.4 is 10.1 Å². The summed E-state index contributed by atoms with van der Waals surface area (Å²) in [5, 5.41) is 2.96. The molecule has 5 heteroatoms. The van der Waals surface area contributed by atoms with Gasteiger partial charge in [-0.15, -0.1) is 0 Å². The molecule has 2 aliphatic rings. The molecule has 152 valence electrons. The average molecular weight is 392 g/mol. The first-order valence-corrected chi connectivity index (χ1v) is 10.6. The Kier molecular flexibility index (Phi) is 6.13. The SMILES string of the molecule is O=C(Nc1cccc(CN2CCCCC2=O)c1)c1ccc(OC2CCCC2)cc1. The first-order chi connectivity index (χ1) is 14.2. The van der Waals surface area contributed by atoms with Crippen LogP contribution in [-0.4, -0.2) is 29.4 Å². The van der Waals surface area contributed by atoms with E-state index in [9.17, 15) is 9.59 Å². The molecule has 1 aliphatic carbocycles. The summed E-state index contributed by atoms with van der Waals surface area (Å²) < 4.78 is 5.96. The molecule has 5 nitrogen and oxygen atoms in total. The molecule has 1 saturated heterocycles. The number of piperidine rings is 1. The Hall–Kier alpha value is -2.82. The second-order valence-corrected chi connectivity index (χ2v) is 7.98. The Morgan fingerprint density at radius 3 is 2.59 bits per heavy atom. The van der Waals surface area contributed by atoms with Crippen LogP contribution in [0.2, 0.25) is 0 Å². The molecule has 2 aromatic carbocycles. The molecule has 4 rings (SSSR count). The van der Waals surface area contributed by atoms with Gasteiger partial charge in [-0.3, -0.25) is 9.59 Å². The molecule has 0 radical (unpaired) electrons. The van der Waals surface area contributed by atoms with Gasteiger partial charge in [0.1, 0.15) is 5.75 Å². The van der Waals surface area contributed by atoms with Crippen molar-refractivity contribution >= 4 is 17.5 Å². The Balaban J connectivity index is 1.35. The fourth-order valence-electron chi connectivity index (χ4n) is 4.08. The molecular formula is C24H28N2O3. The first-order valence-electron chi connectivity index (χ1n) is 10.6. The number of hydrogen-bond acceptors (Lipinski definition) is 3. The molecule has 2 aromatic rings. The van der Waals surface area contributed by atoms with E-state index in [4.69, 9.17) is 4.74 Å². The Morgan fingerprint density at radius 1 is 1.03 bits per heavy atom. The van der Waals surface area contributed by atoms with Gasteiger partial charge in [-0.2, -0.15) is 0 Å².